The Labute approximate surface area is 92.6 Å². The Balaban J connectivity index is 4.19. The highest BCUT2D eigenvalue weighted by Gasteiger charge is 2.21. The normalized spacial score (nSPS) is 12.9. The first-order valence-corrected chi connectivity index (χ1v) is 5.77. The zero-order valence-electron chi connectivity index (χ0n) is 8.80. The largest absolute Gasteiger partial charge is 0.468 e. The number of aliphatic hydroxyl groups excluding tert-OH is 1. The van der Waals surface area contributed by atoms with Crippen molar-refractivity contribution in [2.75, 3.05) is 26.5 Å². The molecule has 16 heavy (non-hydrogen) atoms. The van der Waals surface area contributed by atoms with Crippen molar-refractivity contribution in [3.05, 3.63) is 0 Å². The summed E-state index contributed by atoms with van der Waals surface area (Å²) in [6.07, 6.45) is -1.61. The van der Waals surface area contributed by atoms with Crippen LogP contribution in [-0.4, -0.2) is 58.1 Å². The topological polar surface area (TPSA) is 119 Å². The first kappa shape index (κ1) is 14.8. The number of aliphatic hydroxyl groups is 1. The van der Waals surface area contributed by atoms with Crippen LogP contribution in [0, 0.1) is 0 Å². The van der Waals surface area contributed by atoms with E-state index in [0.29, 0.717) is 0 Å². The Hall–Kier alpha value is -1.19. The van der Waals surface area contributed by atoms with Gasteiger partial charge < -0.3 is 14.6 Å². The SMILES string of the molecule is COC(=O)CS(=O)(=O)NCC(O)C(=O)OC. The van der Waals surface area contributed by atoms with Crippen LogP contribution in [0.2, 0.25) is 0 Å². The van der Waals surface area contributed by atoms with Gasteiger partial charge in [-0.15, -0.1) is 0 Å². The number of hydrogen-bond donors (Lipinski definition) is 2. The molecule has 8 nitrogen and oxygen atoms in total. The summed E-state index contributed by atoms with van der Waals surface area (Å²) in [6, 6.07) is 0. The van der Waals surface area contributed by atoms with Gasteiger partial charge in [0.2, 0.25) is 10.0 Å². The van der Waals surface area contributed by atoms with Gasteiger partial charge in [0.15, 0.2) is 11.9 Å². The van der Waals surface area contributed by atoms with Crippen LogP contribution in [-0.2, 0) is 29.1 Å². The number of hydrogen-bond acceptors (Lipinski definition) is 7. The van der Waals surface area contributed by atoms with Crippen LogP contribution in [0.4, 0.5) is 0 Å². The van der Waals surface area contributed by atoms with Crippen LogP contribution in [0.1, 0.15) is 0 Å². The molecule has 0 bridgehead atoms. The maximum Gasteiger partial charge on any atom is 0.336 e. The minimum Gasteiger partial charge on any atom is -0.468 e. The molecule has 1 unspecified atom stereocenters. The Kier molecular flexibility index (Phi) is 5.93. The van der Waals surface area contributed by atoms with Crippen molar-refractivity contribution in [3.8, 4) is 0 Å². The molecule has 0 amide bonds. The molecule has 0 rings (SSSR count). The maximum atomic E-state index is 11.1. The van der Waals surface area contributed by atoms with E-state index in [-0.39, 0.29) is 0 Å². The van der Waals surface area contributed by atoms with Gasteiger partial charge in [0.05, 0.1) is 14.2 Å². The summed E-state index contributed by atoms with van der Waals surface area (Å²) in [5.41, 5.74) is 0. The molecule has 0 aliphatic heterocycles. The smallest absolute Gasteiger partial charge is 0.336 e. The molecule has 0 saturated carbocycles. The highest BCUT2D eigenvalue weighted by Crippen LogP contribution is 1.90. The van der Waals surface area contributed by atoms with E-state index in [1.807, 2.05) is 4.72 Å². The quantitative estimate of drug-likeness (QED) is 0.508. The Morgan fingerprint density at radius 2 is 1.88 bits per heavy atom. The summed E-state index contributed by atoms with van der Waals surface area (Å²) in [5.74, 6) is -2.79. The molecule has 0 fully saturated rings. The second-order valence-corrected chi connectivity index (χ2v) is 4.53. The molecule has 0 aliphatic rings. The number of methoxy groups -OCH3 is 2. The number of nitrogens with one attached hydrogen (secondary N) is 1. The summed E-state index contributed by atoms with van der Waals surface area (Å²) in [4.78, 5) is 21.4. The molecule has 0 radical (unpaired) electrons. The highest BCUT2D eigenvalue weighted by molar-refractivity contribution is 7.90. The van der Waals surface area contributed by atoms with Crippen molar-refractivity contribution >= 4 is 22.0 Å². The standard InChI is InChI=1S/C7H13NO7S/c1-14-6(10)4-16(12,13)8-3-5(9)7(11)15-2/h5,8-9H,3-4H2,1-2H3. The molecule has 9 heteroatoms. The van der Waals surface area contributed by atoms with Gasteiger partial charge in [0.1, 0.15) is 0 Å². The van der Waals surface area contributed by atoms with Crippen molar-refractivity contribution in [3.63, 3.8) is 0 Å². The zero-order valence-corrected chi connectivity index (χ0v) is 9.61. The molecule has 0 aromatic rings. The summed E-state index contributed by atoms with van der Waals surface area (Å²) in [5, 5.41) is 9.05. The van der Waals surface area contributed by atoms with Crippen LogP contribution in [0.5, 0.6) is 0 Å². The number of sulfonamides is 1. The summed E-state index contributed by atoms with van der Waals surface area (Å²) in [6.45, 7) is -0.563. The van der Waals surface area contributed by atoms with Crippen molar-refractivity contribution in [1.82, 2.24) is 4.72 Å². The average molecular weight is 255 g/mol. The molecule has 1 atom stereocenters. The van der Waals surface area contributed by atoms with Gasteiger partial charge in [-0.25, -0.2) is 17.9 Å². The fourth-order valence-corrected chi connectivity index (χ4v) is 1.63. The molecule has 0 aromatic carbocycles. The average Bonchev–Trinajstić information content (AvgIpc) is 2.24. The molecule has 0 heterocycles. The van der Waals surface area contributed by atoms with E-state index in [1.165, 1.54) is 0 Å². The fraction of sp³-hybridized carbons (Fsp3) is 0.714. The van der Waals surface area contributed by atoms with Crippen molar-refractivity contribution < 1.29 is 32.6 Å². The van der Waals surface area contributed by atoms with Crippen molar-refractivity contribution in [2.24, 2.45) is 0 Å². The lowest BCUT2D eigenvalue weighted by Crippen LogP contribution is -2.39. The third-order valence-electron chi connectivity index (χ3n) is 1.51. The summed E-state index contributed by atoms with van der Waals surface area (Å²) < 4.78 is 32.5. The fourth-order valence-electron chi connectivity index (χ4n) is 0.690. The van der Waals surface area contributed by atoms with E-state index in [9.17, 15) is 18.0 Å². The van der Waals surface area contributed by atoms with Gasteiger partial charge in [-0.05, 0) is 0 Å². The third-order valence-corrected chi connectivity index (χ3v) is 2.73. The van der Waals surface area contributed by atoms with E-state index in [0.717, 1.165) is 14.2 Å². The molecular weight excluding hydrogens is 242 g/mol. The Morgan fingerprint density at radius 3 is 2.31 bits per heavy atom. The monoisotopic (exact) mass is 255 g/mol. The lowest BCUT2D eigenvalue weighted by molar-refractivity contribution is -0.149. The number of ether oxygens (including phenoxy) is 2. The van der Waals surface area contributed by atoms with Gasteiger partial charge in [0.25, 0.3) is 0 Å². The van der Waals surface area contributed by atoms with E-state index >= 15 is 0 Å². The molecular formula is C7H13NO7S. The summed E-state index contributed by atoms with van der Waals surface area (Å²) >= 11 is 0. The maximum absolute atomic E-state index is 11.1. The van der Waals surface area contributed by atoms with Gasteiger partial charge in [-0.3, -0.25) is 4.79 Å². The van der Waals surface area contributed by atoms with Gasteiger partial charge in [-0.2, -0.15) is 0 Å². The first-order chi connectivity index (χ1) is 7.32. The number of rotatable bonds is 6. The van der Waals surface area contributed by atoms with E-state index in [2.05, 4.69) is 9.47 Å². The molecule has 94 valence electrons. The highest BCUT2D eigenvalue weighted by atomic mass is 32.2. The first-order valence-electron chi connectivity index (χ1n) is 4.12. The molecule has 0 aromatic heterocycles. The zero-order chi connectivity index (χ0) is 12.8. The van der Waals surface area contributed by atoms with E-state index in [1.54, 1.807) is 0 Å². The minimum absolute atomic E-state index is 0.563. The number of esters is 2. The lowest BCUT2D eigenvalue weighted by Gasteiger charge is -2.09. The number of carbonyl (C=O) groups excluding carboxylic acids is 2. The van der Waals surface area contributed by atoms with E-state index < -0.39 is 40.4 Å². The van der Waals surface area contributed by atoms with Crippen LogP contribution in [0.25, 0.3) is 0 Å². The van der Waals surface area contributed by atoms with Gasteiger partial charge in [-0.1, -0.05) is 0 Å². The van der Waals surface area contributed by atoms with Crippen LogP contribution in [0.3, 0.4) is 0 Å². The summed E-state index contributed by atoms with van der Waals surface area (Å²) in [7, 11) is -1.83. The predicted octanol–water partition coefficient (Wildman–Crippen LogP) is -2.39. The predicted molar refractivity (Wildman–Crippen MR) is 51.8 cm³/mol. The Bertz CT molecular complexity index is 350. The molecule has 2 N–H and O–H groups in total. The van der Waals surface area contributed by atoms with Crippen LogP contribution in [0.15, 0.2) is 0 Å². The van der Waals surface area contributed by atoms with Crippen LogP contribution < -0.4 is 4.72 Å². The number of carbonyl (C=O) groups is 2. The Morgan fingerprint density at radius 1 is 1.31 bits per heavy atom. The lowest BCUT2D eigenvalue weighted by atomic mass is 10.4. The third kappa shape index (κ3) is 5.63. The second kappa shape index (κ2) is 6.40. The molecule has 0 spiro atoms. The van der Waals surface area contributed by atoms with Crippen molar-refractivity contribution in [1.29, 1.82) is 0 Å². The van der Waals surface area contributed by atoms with Crippen molar-refractivity contribution in [2.45, 2.75) is 6.10 Å². The van der Waals surface area contributed by atoms with E-state index in [4.69, 9.17) is 5.11 Å². The van der Waals surface area contributed by atoms with Crippen LogP contribution >= 0.6 is 0 Å². The van der Waals surface area contributed by atoms with Gasteiger partial charge in [0, 0.05) is 6.54 Å². The molecule has 0 aliphatic carbocycles. The van der Waals surface area contributed by atoms with Gasteiger partial charge >= 0.3 is 11.9 Å². The molecule has 0 saturated heterocycles. The second-order valence-electron chi connectivity index (χ2n) is 2.72. The minimum atomic E-state index is -3.92.